The number of rotatable bonds is 12. The van der Waals surface area contributed by atoms with Crippen molar-refractivity contribution in [2.45, 2.75) is 103 Å². The van der Waals surface area contributed by atoms with Crippen molar-refractivity contribution in [2.75, 3.05) is 14.7 Å². The standard InChI is InChI=1S/C88H82BN3Si2/c1-85(2,3)63-44-47-67(48-45-63)91-80-57-46-64(86(4,5)6)60-79(80)89-78-43-29-42-77-84(78)92(88(8)59-28-27-58-87(77,88)7)82-62-68(61-81(91)83(82)89)90(65-49-53-75(54-50-65)93(69-30-15-9-16-31-69,70-32-17-10-18-33-70)71-34-19-11-20-35-71)66-51-55-76(56-52-66)94(72-36-21-12-22-37-72,73-38-23-13-24-39-73)74-40-25-14-26-41-74/h9-26,29-57,60-62H,27-28,58-59H2,1-8H3. The van der Waals surface area contributed by atoms with Crippen LogP contribution in [0.15, 0.2) is 303 Å². The molecule has 12 aromatic rings. The summed E-state index contributed by atoms with van der Waals surface area (Å²) in [6, 6.07) is 117. The van der Waals surface area contributed by atoms with E-state index in [0.717, 1.165) is 29.9 Å². The lowest BCUT2D eigenvalue weighted by atomic mass is 9.33. The number of hydrogen-bond acceptors (Lipinski definition) is 3. The van der Waals surface area contributed by atoms with E-state index in [2.05, 4.69) is 373 Å². The van der Waals surface area contributed by atoms with Crippen molar-refractivity contribution in [3.8, 4) is 0 Å². The van der Waals surface area contributed by atoms with Crippen molar-refractivity contribution in [1.82, 2.24) is 0 Å². The SMILES string of the molecule is CC(C)(C)c1ccc(N2c3ccc(C(C)(C)C)cc3B3c4cccc5c4N(c4cc(N(c6ccc([Si](c7ccccc7)(c7ccccc7)c7ccccc7)cc6)c6ccc([Si](c7ccccc7)(c7ccccc7)c7ccccc7)cc6)cc2c43)C2(C)CCCCC52C)cc1. The van der Waals surface area contributed by atoms with Gasteiger partial charge in [-0.1, -0.05) is 310 Å². The summed E-state index contributed by atoms with van der Waals surface area (Å²) in [4.78, 5) is 8.15. The van der Waals surface area contributed by atoms with Crippen molar-refractivity contribution in [3.63, 3.8) is 0 Å². The minimum absolute atomic E-state index is 0.00565. The first-order valence-electron chi connectivity index (χ1n) is 34.2. The molecule has 0 spiro atoms. The van der Waals surface area contributed by atoms with Gasteiger partial charge in [0.25, 0.3) is 6.71 Å². The van der Waals surface area contributed by atoms with Gasteiger partial charge in [0.05, 0.1) is 11.2 Å². The predicted molar refractivity (Wildman–Crippen MR) is 408 cm³/mol. The Balaban J connectivity index is 0.988. The number of nitrogens with zero attached hydrogens (tertiary/aromatic N) is 3. The summed E-state index contributed by atoms with van der Waals surface area (Å²) in [7, 11) is -5.78. The molecule has 460 valence electrons. The zero-order valence-electron chi connectivity index (χ0n) is 55.6. The number of fused-ring (bicyclic) bond motifs is 7. The Morgan fingerprint density at radius 3 is 1.20 bits per heavy atom. The number of hydrogen-bond donors (Lipinski definition) is 0. The highest BCUT2D eigenvalue weighted by atomic mass is 28.3. The van der Waals surface area contributed by atoms with Gasteiger partial charge in [-0.25, -0.2) is 0 Å². The van der Waals surface area contributed by atoms with E-state index in [4.69, 9.17) is 0 Å². The number of anilines is 8. The first-order valence-corrected chi connectivity index (χ1v) is 38.2. The molecule has 94 heavy (non-hydrogen) atoms. The molecule has 1 aliphatic carbocycles. The molecule has 0 radical (unpaired) electrons. The maximum atomic E-state index is 2.90. The molecule has 4 aliphatic rings. The van der Waals surface area contributed by atoms with Gasteiger partial charge in [0.1, 0.15) is 0 Å². The molecular weight excluding hydrogens is 1170 g/mol. The Morgan fingerprint density at radius 1 is 0.362 bits per heavy atom. The summed E-state index contributed by atoms with van der Waals surface area (Å²) >= 11 is 0. The molecule has 0 N–H and O–H groups in total. The average molecular weight is 1250 g/mol. The summed E-state index contributed by atoms with van der Waals surface area (Å²) in [5, 5.41) is 10.8. The summed E-state index contributed by atoms with van der Waals surface area (Å²) in [5.74, 6) is 0. The normalized spacial score (nSPS) is 17.2. The van der Waals surface area contributed by atoms with Gasteiger partial charge in [0, 0.05) is 45.2 Å². The molecule has 3 heterocycles. The van der Waals surface area contributed by atoms with E-state index >= 15 is 0 Å². The van der Waals surface area contributed by atoms with Gasteiger partial charge in [-0.05, 0) is 160 Å². The first kappa shape index (κ1) is 59.5. The van der Waals surface area contributed by atoms with Gasteiger partial charge in [-0.15, -0.1) is 0 Å². The average Bonchev–Trinajstić information content (AvgIpc) is 1.47. The molecule has 0 saturated heterocycles. The second-order valence-electron chi connectivity index (χ2n) is 29.5. The van der Waals surface area contributed by atoms with Crippen molar-refractivity contribution < 1.29 is 0 Å². The van der Waals surface area contributed by atoms with Gasteiger partial charge >= 0.3 is 0 Å². The lowest BCUT2D eigenvalue weighted by Gasteiger charge is -2.53. The van der Waals surface area contributed by atoms with Crippen LogP contribution in [-0.4, -0.2) is 28.4 Å². The Bertz CT molecular complexity index is 4400. The van der Waals surface area contributed by atoms with E-state index < -0.39 is 16.1 Å². The molecule has 2 unspecified atom stereocenters. The van der Waals surface area contributed by atoms with Crippen molar-refractivity contribution >= 4 is 126 Å². The minimum Gasteiger partial charge on any atom is -0.335 e. The van der Waals surface area contributed by atoms with E-state index in [-0.39, 0.29) is 28.5 Å². The van der Waals surface area contributed by atoms with Gasteiger partial charge in [0.15, 0.2) is 16.1 Å². The van der Waals surface area contributed by atoms with Crippen LogP contribution < -0.4 is 72.6 Å². The van der Waals surface area contributed by atoms with Crippen LogP contribution >= 0.6 is 0 Å². The van der Waals surface area contributed by atoms with Gasteiger partial charge in [0.2, 0.25) is 0 Å². The topological polar surface area (TPSA) is 9.72 Å². The molecule has 3 aliphatic heterocycles. The molecule has 16 rings (SSSR count). The van der Waals surface area contributed by atoms with Gasteiger partial charge in [-0.2, -0.15) is 0 Å². The molecule has 12 aromatic carbocycles. The Morgan fingerprint density at radius 2 is 0.766 bits per heavy atom. The second kappa shape index (κ2) is 22.6. The highest BCUT2D eigenvalue weighted by molar-refractivity contribution is 7.20. The molecule has 0 bridgehead atoms. The molecule has 0 aromatic heterocycles. The third kappa shape index (κ3) is 9.10. The Hall–Kier alpha value is -9.46. The van der Waals surface area contributed by atoms with Gasteiger partial charge < -0.3 is 14.7 Å². The quantitative estimate of drug-likeness (QED) is 0.0892. The number of benzene rings is 12. The zero-order chi connectivity index (χ0) is 64.2. The van der Waals surface area contributed by atoms with E-state index in [9.17, 15) is 0 Å². The van der Waals surface area contributed by atoms with E-state index in [0.29, 0.717) is 0 Å². The fourth-order valence-electron chi connectivity index (χ4n) is 17.6. The largest absolute Gasteiger partial charge is 0.335 e. The van der Waals surface area contributed by atoms with E-state index in [1.54, 1.807) is 0 Å². The highest BCUT2D eigenvalue weighted by Crippen LogP contribution is 2.62. The molecule has 3 nitrogen and oxygen atoms in total. The minimum atomic E-state index is -2.89. The fourth-order valence-corrected chi connectivity index (χ4v) is 27.0. The third-order valence-corrected chi connectivity index (χ3v) is 32.0. The summed E-state index contributed by atoms with van der Waals surface area (Å²) in [6.07, 6.45) is 4.70. The molecule has 2 atom stereocenters. The lowest BCUT2D eigenvalue weighted by Crippen LogP contribution is -2.74. The van der Waals surface area contributed by atoms with Gasteiger partial charge in [-0.3, -0.25) is 0 Å². The highest BCUT2D eigenvalue weighted by Gasteiger charge is 2.61. The molecule has 1 saturated carbocycles. The Labute approximate surface area is 560 Å². The van der Waals surface area contributed by atoms with Crippen molar-refractivity contribution in [3.05, 3.63) is 320 Å². The lowest BCUT2D eigenvalue weighted by molar-refractivity contribution is 0.195. The van der Waals surface area contributed by atoms with Crippen LogP contribution in [0.3, 0.4) is 0 Å². The van der Waals surface area contributed by atoms with Crippen LogP contribution in [0.5, 0.6) is 0 Å². The van der Waals surface area contributed by atoms with Crippen LogP contribution in [0.4, 0.5) is 45.5 Å². The summed E-state index contributed by atoms with van der Waals surface area (Å²) in [5.41, 5.74) is 17.8. The summed E-state index contributed by atoms with van der Waals surface area (Å²) in [6.45, 7) is 19.3. The van der Waals surface area contributed by atoms with Crippen LogP contribution in [0.1, 0.15) is 97.8 Å². The molecule has 1 fully saturated rings. The molecular formula is C88H82BN3Si2. The Kier molecular flexibility index (Phi) is 14.3. The smallest absolute Gasteiger partial charge is 0.252 e. The van der Waals surface area contributed by atoms with E-state index in [1.165, 1.54) is 116 Å². The van der Waals surface area contributed by atoms with Crippen LogP contribution in [-0.2, 0) is 16.2 Å². The zero-order valence-corrected chi connectivity index (χ0v) is 57.6. The molecule has 6 heteroatoms. The van der Waals surface area contributed by atoms with Crippen LogP contribution in [0, 0.1) is 0 Å². The third-order valence-electron chi connectivity index (χ3n) is 22.4. The van der Waals surface area contributed by atoms with Crippen LogP contribution in [0.25, 0.3) is 0 Å². The second-order valence-corrected chi connectivity index (χ2v) is 37.1. The fraction of sp³-hybridized carbons (Fsp3) is 0.182. The maximum absolute atomic E-state index is 2.90. The van der Waals surface area contributed by atoms with Crippen molar-refractivity contribution in [2.24, 2.45) is 0 Å². The van der Waals surface area contributed by atoms with Crippen LogP contribution in [0.2, 0.25) is 0 Å². The number of para-hydroxylation sites is 1. The predicted octanol–water partition coefficient (Wildman–Crippen LogP) is 14.9. The monoisotopic (exact) mass is 1250 g/mol. The summed E-state index contributed by atoms with van der Waals surface area (Å²) < 4.78 is 0. The molecule has 0 amide bonds. The first-order chi connectivity index (χ1) is 45.6. The van der Waals surface area contributed by atoms with E-state index in [1.807, 2.05) is 0 Å². The van der Waals surface area contributed by atoms with Crippen molar-refractivity contribution in [1.29, 1.82) is 0 Å². The maximum Gasteiger partial charge on any atom is 0.252 e.